The minimum absolute atomic E-state index is 0.0129. The van der Waals surface area contributed by atoms with E-state index >= 15 is 0 Å². The number of aromatic nitrogens is 1. The second-order valence-electron chi connectivity index (χ2n) is 7.48. The molecule has 3 rings (SSSR count). The molecule has 0 aliphatic carbocycles. The van der Waals surface area contributed by atoms with Crippen molar-refractivity contribution in [2.75, 3.05) is 13.1 Å². The molecule has 2 aromatic rings. The summed E-state index contributed by atoms with van der Waals surface area (Å²) in [5.41, 5.74) is -0.530. The van der Waals surface area contributed by atoms with Crippen LogP contribution in [0.5, 0.6) is 0 Å². The fourth-order valence-electron chi connectivity index (χ4n) is 3.20. The summed E-state index contributed by atoms with van der Waals surface area (Å²) >= 11 is 3.43. The zero-order chi connectivity index (χ0) is 18.2. The Morgan fingerprint density at radius 1 is 1.28 bits per heavy atom. The summed E-state index contributed by atoms with van der Waals surface area (Å²) in [6.45, 7) is 6.74. The summed E-state index contributed by atoms with van der Waals surface area (Å²) < 4.78 is 8.18. The Bertz CT molecular complexity index is 854. The van der Waals surface area contributed by atoms with Crippen LogP contribution >= 0.6 is 15.9 Å². The van der Waals surface area contributed by atoms with Gasteiger partial charge >= 0.3 is 6.09 Å². The number of halogens is 1. The molecule has 5 nitrogen and oxygen atoms in total. The van der Waals surface area contributed by atoms with Gasteiger partial charge in [0, 0.05) is 29.1 Å². The average Bonchev–Trinajstić information content (AvgIpc) is 2.53. The van der Waals surface area contributed by atoms with Crippen molar-refractivity contribution in [2.45, 2.75) is 45.3 Å². The summed E-state index contributed by atoms with van der Waals surface area (Å²) in [5.74, 6) is 0. The highest BCUT2D eigenvalue weighted by atomic mass is 79.9. The SMILES string of the molecule is CC(C)(C)OC(=O)N1CCC[C@H](n2ccc3cc(Br)ccc3c2=O)C1. The maximum Gasteiger partial charge on any atom is 0.410 e. The summed E-state index contributed by atoms with van der Waals surface area (Å²) in [5, 5.41) is 1.61. The fraction of sp³-hybridized carbons (Fsp3) is 0.474. The van der Waals surface area contributed by atoms with Gasteiger partial charge in [-0.25, -0.2) is 4.79 Å². The van der Waals surface area contributed by atoms with E-state index in [1.807, 2.05) is 51.2 Å². The predicted octanol–water partition coefficient (Wildman–Crippen LogP) is 4.34. The maximum atomic E-state index is 12.9. The first-order valence-corrected chi connectivity index (χ1v) is 9.32. The summed E-state index contributed by atoms with van der Waals surface area (Å²) in [4.78, 5) is 26.9. The van der Waals surface area contributed by atoms with Crippen molar-refractivity contribution in [3.8, 4) is 0 Å². The molecule has 0 spiro atoms. The van der Waals surface area contributed by atoms with Crippen molar-refractivity contribution in [2.24, 2.45) is 0 Å². The number of carbonyl (C=O) groups is 1. The van der Waals surface area contributed by atoms with E-state index in [4.69, 9.17) is 4.74 Å². The van der Waals surface area contributed by atoms with Crippen molar-refractivity contribution >= 4 is 32.8 Å². The van der Waals surface area contributed by atoms with Gasteiger partial charge in [-0.05, 0) is 63.3 Å². The first-order valence-electron chi connectivity index (χ1n) is 8.53. The van der Waals surface area contributed by atoms with Gasteiger partial charge in [-0.3, -0.25) is 4.79 Å². The molecule has 25 heavy (non-hydrogen) atoms. The molecule has 2 heterocycles. The van der Waals surface area contributed by atoms with Crippen LogP contribution in [0.3, 0.4) is 0 Å². The average molecular weight is 407 g/mol. The highest BCUT2D eigenvalue weighted by molar-refractivity contribution is 9.10. The lowest BCUT2D eigenvalue weighted by Gasteiger charge is -2.34. The minimum atomic E-state index is -0.517. The van der Waals surface area contributed by atoms with Crippen molar-refractivity contribution in [1.29, 1.82) is 0 Å². The highest BCUT2D eigenvalue weighted by Gasteiger charge is 2.28. The quantitative estimate of drug-likeness (QED) is 0.707. The topological polar surface area (TPSA) is 51.5 Å². The molecule has 1 aromatic carbocycles. The van der Waals surface area contributed by atoms with Crippen LogP contribution in [0.25, 0.3) is 10.8 Å². The van der Waals surface area contributed by atoms with Crippen LogP contribution in [0.15, 0.2) is 39.7 Å². The molecule has 134 valence electrons. The standard InChI is InChI=1S/C19H23BrN2O3/c1-19(2,3)25-18(24)21-9-4-5-15(12-21)22-10-8-13-11-14(20)6-7-16(13)17(22)23/h6-8,10-11,15H,4-5,9,12H2,1-3H3/t15-/m0/s1. The van der Waals surface area contributed by atoms with E-state index in [0.29, 0.717) is 18.5 Å². The molecule has 0 bridgehead atoms. The molecule has 0 saturated carbocycles. The smallest absolute Gasteiger partial charge is 0.410 e. The molecule has 1 aromatic heterocycles. The number of amides is 1. The third-order valence-electron chi connectivity index (χ3n) is 4.33. The number of piperidine rings is 1. The van der Waals surface area contributed by atoms with E-state index in [-0.39, 0.29) is 17.7 Å². The molecule has 1 amide bonds. The minimum Gasteiger partial charge on any atom is -0.444 e. The first kappa shape index (κ1) is 18.0. The van der Waals surface area contributed by atoms with Crippen LogP contribution < -0.4 is 5.56 Å². The number of likely N-dealkylation sites (tertiary alicyclic amines) is 1. The molecule has 1 aliphatic rings. The molecule has 0 unspecified atom stereocenters. The molecule has 1 aliphatic heterocycles. The number of nitrogens with zero attached hydrogens (tertiary/aromatic N) is 2. The van der Waals surface area contributed by atoms with E-state index in [9.17, 15) is 9.59 Å². The summed E-state index contributed by atoms with van der Waals surface area (Å²) in [6.07, 6.45) is 3.26. The van der Waals surface area contributed by atoms with Crippen molar-refractivity contribution in [3.05, 3.63) is 45.3 Å². The van der Waals surface area contributed by atoms with Crippen LogP contribution in [0.1, 0.15) is 39.7 Å². The van der Waals surface area contributed by atoms with E-state index in [1.165, 1.54) is 0 Å². The predicted molar refractivity (Wildman–Crippen MR) is 102 cm³/mol. The van der Waals surface area contributed by atoms with Gasteiger partial charge in [0.05, 0.1) is 6.04 Å². The van der Waals surface area contributed by atoms with Gasteiger partial charge in [-0.15, -0.1) is 0 Å². The zero-order valence-electron chi connectivity index (χ0n) is 14.8. The Labute approximate surface area is 155 Å². The molecule has 0 N–H and O–H groups in total. The number of rotatable bonds is 1. The Morgan fingerprint density at radius 2 is 2.04 bits per heavy atom. The second kappa shape index (κ2) is 6.83. The Hall–Kier alpha value is -1.82. The summed E-state index contributed by atoms with van der Waals surface area (Å²) in [6, 6.07) is 7.58. The van der Waals surface area contributed by atoms with Crippen LogP contribution in [0.2, 0.25) is 0 Å². The number of pyridine rings is 1. The van der Waals surface area contributed by atoms with E-state index < -0.39 is 5.60 Å². The lowest BCUT2D eigenvalue weighted by Crippen LogP contribution is -2.44. The maximum absolute atomic E-state index is 12.9. The molecule has 1 saturated heterocycles. The second-order valence-corrected chi connectivity index (χ2v) is 8.40. The van der Waals surface area contributed by atoms with Crippen molar-refractivity contribution in [1.82, 2.24) is 9.47 Å². The van der Waals surface area contributed by atoms with Crippen LogP contribution in [0.4, 0.5) is 4.79 Å². The lowest BCUT2D eigenvalue weighted by molar-refractivity contribution is 0.0171. The number of benzene rings is 1. The highest BCUT2D eigenvalue weighted by Crippen LogP contribution is 2.24. The molecular weight excluding hydrogens is 384 g/mol. The van der Waals surface area contributed by atoms with Gasteiger partial charge in [0.15, 0.2) is 0 Å². The van der Waals surface area contributed by atoms with Crippen LogP contribution in [-0.2, 0) is 4.74 Å². The van der Waals surface area contributed by atoms with Gasteiger partial charge in [0.25, 0.3) is 5.56 Å². The van der Waals surface area contributed by atoms with Gasteiger partial charge in [0.2, 0.25) is 0 Å². The summed E-state index contributed by atoms with van der Waals surface area (Å²) in [7, 11) is 0. The Morgan fingerprint density at radius 3 is 2.76 bits per heavy atom. The van der Waals surface area contributed by atoms with Crippen LogP contribution in [-0.4, -0.2) is 34.3 Å². The van der Waals surface area contributed by atoms with E-state index in [0.717, 1.165) is 22.7 Å². The normalized spacial score (nSPS) is 18.4. The number of ether oxygens (including phenoxy) is 1. The monoisotopic (exact) mass is 406 g/mol. The first-order chi connectivity index (χ1) is 11.7. The third kappa shape index (κ3) is 4.06. The number of hydrogen-bond acceptors (Lipinski definition) is 3. The van der Waals surface area contributed by atoms with E-state index in [1.54, 1.807) is 9.47 Å². The van der Waals surface area contributed by atoms with Gasteiger partial charge in [0.1, 0.15) is 5.60 Å². The fourth-order valence-corrected chi connectivity index (χ4v) is 3.57. The van der Waals surface area contributed by atoms with Gasteiger partial charge in [-0.2, -0.15) is 0 Å². The molecule has 0 radical (unpaired) electrons. The van der Waals surface area contributed by atoms with E-state index in [2.05, 4.69) is 15.9 Å². The number of fused-ring (bicyclic) bond motifs is 1. The zero-order valence-corrected chi connectivity index (χ0v) is 16.4. The lowest BCUT2D eigenvalue weighted by atomic mass is 10.0. The Kier molecular flexibility index (Phi) is 4.91. The van der Waals surface area contributed by atoms with Gasteiger partial charge < -0.3 is 14.2 Å². The molecule has 1 atom stereocenters. The third-order valence-corrected chi connectivity index (χ3v) is 4.83. The molecule has 1 fully saturated rings. The molecular formula is C19H23BrN2O3. The Balaban J connectivity index is 1.85. The van der Waals surface area contributed by atoms with Gasteiger partial charge in [-0.1, -0.05) is 15.9 Å². The van der Waals surface area contributed by atoms with Crippen molar-refractivity contribution < 1.29 is 9.53 Å². The van der Waals surface area contributed by atoms with Crippen molar-refractivity contribution in [3.63, 3.8) is 0 Å². The number of hydrogen-bond donors (Lipinski definition) is 0. The van der Waals surface area contributed by atoms with Crippen LogP contribution in [0, 0.1) is 0 Å². The largest absolute Gasteiger partial charge is 0.444 e. The number of carbonyl (C=O) groups excluding carboxylic acids is 1. The molecule has 6 heteroatoms.